The first kappa shape index (κ1) is 24.4. The maximum atomic E-state index is 13.9. The van der Waals surface area contributed by atoms with E-state index in [0.29, 0.717) is 10.2 Å². The molecule has 0 bridgehead atoms. The van der Waals surface area contributed by atoms with Gasteiger partial charge in [-0.2, -0.15) is 31.4 Å². The molecule has 2 aromatic carbocycles. The molecule has 0 unspecified atom stereocenters. The van der Waals surface area contributed by atoms with Crippen LogP contribution in [0.15, 0.2) is 53.0 Å². The molecule has 0 spiro atoms. The average Bonchev–Trinajstić information content (AvgIpc) is 3.09. The SMILES string of the molecule is O=C(Nc1ccccc1C(F)(F)F)c1nn2c(c1Cl)N[C@H](c1ccc(Br)cc1)C[C@H]2C(F)(F)F. The van der Waals surface area contributed by atoms with Crippen molar-refractivity contribution in [1.29, 1.82) is 0 Å². The number of fused-ring (bicyclic) bond motifs is 1. The maximum absolute atomic E-state index is 13.9. The number of hydrogen-bond acceptors (Lipinski definition) is 3. The van der Waals surface area contributed by atoms with Gasteiger partial charge in [0.1, 0.15) is 10.8 Å². The Morgan fingerprint density at radius 3 is 2.35 bits per heavy atom. The van der Waals surface area contributed by atoms with Gasteiger partial charge < -0.3 is 10.6 Å². The minimum Gasteiger partial charge on any atom is -0.362 e. The summed E-state index contributed by atoms with van der Waals surface area (Å²) in [7, 11) is 0. The normalized spacial score (nSPS) is 18.2. The summed E-state index contributed by atoms with van der Waals surface area (Å²) in [5, 5.41) is 8.22. The topological polar surface area (TPSA) is 59.0 Å². The number of nitrogens with zero attached hydrogens (tertiary/aromatic N) is 2. The number of para-hydroxylation sites is 1. The minimum atomic E-state index is -4.76. The largest absolute Gasteiger partial charge is 0.418 e. The molecular formula is C21H14BrClF6N4O. The summed E-state index contributed by atoms with van der Waals surface area (Å²) in [6.45, 7) is 0. The number of halogens is 8. The van der Waals surface area contributed by atoms with Crippen molar-refractivity contribution in [3.05, 3.63) is 74.8 Å². The fourth-order valence-electron chi connectivity index (χ4n) is 3.67. The lowest BCUT2D eigenvalue weighted by atomic mass is 9.97. The molecule has 2 atom stereocenters. The fourth-order valence-corrected chi connectivity index (χ4v) is 4.20. The first-order chi connectivity index (χ1) is 15.9. The lowest BCUT2D eigenvalue weighted by Gasteiger charge is -2.33. The third-order valence-electron chi connectivity index (χ3n) is 5.26. The van der Waals surface area contributed by atoms with Gasteiger partial charge >= 0.3 is 12.4 Å². The van der Waals surface area contributed by atoms with E-state index < -0.39 is 58.7 Å². The minimum absolute atomic E-state index is 0.252. The van der Waals surface area contributed by atoms with Gasteiger partial charge in [0, 0.05) is 10.9 Å². The number of aromatic nitrogens is 2. The number of anilines is 2. The molecule has 0 fully saturated rings. The highest BCUT2D eigenvalue weighted by Crippen LogP contribution is 2.46. The van der Waals surface area contributed by atoms with E-state index in [4.69, 9.17) is 11.6 Å². The van der Waals surface area contributed by atoms with Crippen molar-refractivity contribution in [2.45, 2.75) is 30.9 Å². The van der Waals surface area contributed by atoms with Crippen molar-refractivity contribution in [3.8, 4) is 0 Å². The van der Waals surface area contributed by atoms with Crippen LogP contribution in [0.1, 0.15) is 40.1 Å². The quantitative estimate of drug-likeness (QED) is 0.328. The highest BCUT2D eigenvalue weighted by molar-refractivity contribution is 9.10. The number of benzene rings is 2. The summed E-state index contributed by atoms with van der Waals surface area (Å²) >= 11 is 9.49. The second-order valence-corrected chi connectivity index (χ2v) is 8.79. The fraction of sp³-hybridized carbons (Fsp3) is 0.238. The molecule has 1 aromatic heterocycles. The number of hydrogen-bond donors (Lipinski definition) is 2. The maximum Gasteiger partial charge on any atom is 0.418 e. The first-order valence-corrected chi connectivity index (χ1v) is 10.9. The summed E-state index contributed by atoms with van der Waals surface area (Å²) in [5.74, 6) is -1.43. The molecule has 13 heteroatoms. The number of carbonyl (C=O) groups excluding carboxylic acids is 1. The average molecular weight is 568 g/mol. The zero-order chi connectivity index (χ0) is 24.8. The van der Waals surface area contributed by atoms with Crippen LogP contribution < -0.4 is 10.6 Å². The van der Waals surface area contributed by atoms with Crippen LogP contribution in [0, 0.1) is 0 Å². The molecule has 0 aliphatic carbocycles. The number of nitrogens with one attached hydrogen (secondary N) is 2. The molecule has 1 amide bonds. The Morgan fingerprint density at radius 1 is 1.09 bits per heavy atom. The molecule has 5 nitrogen and oxygen atoms in total. The van der Waals surface area contributed by atoms with Crippen LogP contribution in [0.5, 0.6) is 0 Å². The predicted molar refractivity (Wildman–Crippen MR) is 117 cm³/mol. The molecule has 0 saturated carbocycles. The monoisotopic (exact) mass is 566 g/mol. The molecule has 34 heavy (non-hydrogen) atoms. The molecular weight excluding hydrogens is 554 g/mol. The lowest BCUT2D eigenvalue weighted by molar-refractivity contribution is -0.173. The molecule has 180 valence electrons. The van der Waals surface area contributed by atoms with Gasteiger partial charge in [-0.1, -0.05) is 51.8 Å². The smallest absolute Gasteiger partial charge is 0.362 e. The Bertz CT molecular complexity index is 1230. The third kappa shape index (κ3) is 4.74. The molecule has 4 rings (SSSR count). The lowest BCUT2D eigenvalue weighted by Crippen LogP contribution is -2.35. The standard InChI is InChI=1S/C21H14BrClF6N4O/c22-11-7-5-10(6-8-11)14-9-15(21(27,28)29)33-18(30-14)16(23)17(32-33)19(34)31-13-4-2-1-3-12(13)20(24,25)26/h1-8,14-15,30H,9H2,(H,31,34)/t14-,15-/m0/s1. The molecule has 1 aliphatic heterocycles. The highest BCUT2D eigenvalue weighted by Gasteiger charge is 2.48. The van der Waals surface area contributed by atoms with Crippen LogP contribution in [-0.4, -0.2) is 21.9 Å². The van der Waals surface area contributed by atoms with Crippen LogP contribution in [0.2, 0.25) is 5.02 Å². The van der Waals surface area contributed by atoms with Gasteiger partial charge in [0.15, 0.2) is 11.7 Å². The highest BCUT2D eigenvalue weighted by atomic mass is 79.9. The zero-order valence-corrected chi connectivity index (χ0v) is 19.1. The van der Waals surface area contributed by atoms with E-state index in [1.165, 1.54) is 6.07 Å². The van der Waals surface area contributed by atoms with Crippen molar-refractivity contribution in [3.63, 3.8) is 0 Å². The van der Waals surface area contributed by atoms with Crippen molar-refractivity contribution in [1.82, 2.24) is 9.78 Å². The van der Waals surface area contributed by atoms with Crippen molar-refractivity contribution >= 4 is 44.9 Å². The molecule has 2 heterocycles. The molecule has 2 N–H and O–H groups in total. The van der Waals surface area contributed by atoms with Gasteiger partial charge in [-0.3, -0.25) is 4.79 Å². The number of amides is 1. The molecule has 3 aromatic rings. The Balaban J connectivity index is 1.71. The second-order valence-electron chi connectivity index (χ2n) is 7.49. The Labute approximate surface area is 202 Å². The predicted octanol–water partition coefficient (Wildman–Crippen LogP) is 7.23. The van der Waals surface area contributed by atoms with Gasteiger partial charge in [-0.25, -0.2) is 4.68 Å². The number of alkyl halides is 6. The summed E-state index contributed by atoms with van der Waals surface area (Å²) in [5.41, 5.74) is -1.78. The first-order valence-electron chi connectivity index (χ1n) is 9.70. The third-order valence-corrected chi connectivity index (χ3v) is 6.15. The van der Waals surface area contributed by atoms with Crippen LogP contribution in [0.4, 0.5) is 37.8 Å². The van der Waals surface area contributed by atoms with E-state index in [1.54, 1.807) is 24.3 Å². The van der Waals surface area contributed by atoms with Crippen molar-refractivity contribution < 1.29 is 31.1 Å². The van der Waals surface area contributed by atoms with Crippen molar-refractivity contribution in [2.24, 2.45) is 0 Å². The van der Waals surface area contributed by atoms with E-state index in [2.05, 4.69) is 31.7 Å². The van der Waals surface area contributed by atoms with Crippen molar-refractivity contribution in [2.75, 3.05) is 10.6 Å². The Morgan fingerprint density at radius 2 is 1.74 bits per heavy atom. The van der Waals surface area contributed by atoms with E-state index in [0.717, 1.165) is 22.7 Å². The zero-order valence-electron chi connectivity index (χ0n) is 16.8. The number of rotatable bonds is 3. The molecule has 0 radical (unpaired) electrons. The van der Waals surface area contributed by atoms with E-state index in [-0.39, 0.29) is 5.82 Å². The molecule has 0 saturated heterocycles. The van der Waals surface area contributed by atoms with E-state index in [9.17, 15) is 31.1 Å². The summed E-state index contributed by atoms with van der Waals surface area (Å²) in [4.78, 5) is 12.7. The van der Waals surface area contributed by atoms with Gasteiger partial charge in [-0.15, -0.1) is 0 Å². The van der Waals surface area contributed by atoms with E-state index in [1.807, 2.05) is 0 Å². The summed E-state index contributed by atoms with van der Waals surface area (Å²) in [6, 6.07) is 7.89. The van der Waals surface area contributed by atoms with Crippen LogP contribution in [-0.2, 0) is 6.18 Å². The number of carbonyl (C=O) groups is 1. The van der Waals surface area contributed by atoms with Crippen LogP contribution >= 0.6 is 27.5 Å². The second kappa shape index (κ2) is 8.81. The molecule has 1 aliphatic rings. The Kier molecular flexibility index (Phi) is 6.32. The van der Waals surface area contributed by atoms with Crippen LogP contribution in [0.3, 0.4) is 0 Å². The van der Waals surface area contributed by atoms with Gasteiger partial charge in [-0.05, 0) is 29.8 Å². The van der Waals surface area contributed by atoms with Gasteiger partial charge in [0.05, 0.1) is 17.3 Å². The van der Waals surface area contributed by atoms with Gasteiger partial charge in [0.2, 0.25) is 0 Å². The summed E-state index contributed by atoms with van der Waals surface area (Å²) in [6.07, 6.45) is -9.92. The van der Waals surface area contributed by atoms with Gasteiger partial charge in [0.25, 0.3) is 5.91 Å². The Hall–Kier alpha value is -2.73. The van der Waals surface area contributed by atoms with E-state index >= 15 is 0 Å². The van der Waals surface area contributed by atoms with Crippen LogP contribution in [0.25, 0.3) is 0 Å². The summed E-state index contributed by atoms with van der Waals surface area (Å²) < 4.78 is 82.7.